The fourth-order valence-corrected chi connectivity index (χ4v) is 2.02. The van der Waals surface area contributed by atoms with Gasteiger partial charge in [0, 0.05) is 25.8 Å². The van der Waals surface area contributed by atoms with Gasteiger partial charge in [0.25, 0.3) is 0 Å². The van der Waals surface area contributed by atoms with Crippen molar-refractivity contribution in [2.75, 3.05) is 6.54 Å². The first kappa shape index (κ1) is 23.8. The summed E-state index contributed by atoms with van der Waals surface area (Å²) in [5, 5.41) is 32.8. The monoisotopic (exact) mass is 389 g/mol. The van der Waals surface area contributed by atoms with Crippen LogP contribution in [0.15, 0.2) is 0 Å². The van der Waals surface area contributed by atoms with Gasteiger partial charge in [0.1, 0.15) is 12.1 Å². The lowest BCUT2D eigenvalue weighted by Crippen LogP contribution is -2.53. The second-order valence-electron chi connectivity index (χ2n) is 5.55. The van der Waals surface area contributed by atoms with E-state index in [1.807, 2.05) is 0 Å². The lowest BCUT2D eigenvalue weighted by atomic mass is 10.1. The SMILES string of the molecule is O=CNC(CCC(=O)O)C(=O)NC(CCC(=O)O)C(=O)NCCCC(=O)O. The minimum atomic E-state index is -1.24. The summed E-state index contributed by atoms with van der Waals surface area (Å²) in [6, 6.07) is -2.44. The van der Waals surface area contributed by atoms with E-state index in [1.54, 1.807) is 0 Å². The van der Waals surface area contributed by atoms with Gasteiger partial charge in [0.2, 0.25) is 18.2 Å². The fourth-order valence-electron chi connectivity index (χ4n) is 2.02. The Kier molecular flexibility index (Phi) is 11.5. The van der Waals surface area contributed by atoms with Crippen molar-refractivity contribution in [3.05, 3.63) is 0 Å². The van der Waals surface area contributed by atoms with Gasteiger partial charge in [0.15, 0.2) is 0 Å². The van der Waals surface area contributed by atoms with Gasteiger partial charge in [-0.1, -0.05) is 0 Å². The fraction of sp³-hybridized carbons (Fsp3) is 0.600. The number of rotatable bonds is 15. The molecule has 0 aromatic carbocycles. The van der Waals surface area contributed by atoms with E-state index in [2.05, 4.69) is 16.0 Å². The third-order valence-corrected chi connectivity index (χ3v) is 3.38. The third kappa shape index (κ3) is 11.9. The standard InChI is InChI=1S/C15H23N3O9/c19-8-17-9(3-5-12(22)23)15(27)18-10(4-6-13(24)25)14(26)16-7-1-2-11(20)21/h8-10H,1-7H2,(H,16,26)(H,17,19)(H,18,27)(H,20,21)(H,22,23)(H,24,25). The highest BCUT2D eigenvalue weighted by molar-refractivity contribution is 5.91. The van der Waals surface area contributed by atoms with Crippen LogP contribution in [0.25, 0.3) is 0 Å². The zero-order valence-corrected chi connectivity index (χ0v) is 14.5. The van der Waals surface area contributed by atoms with Crippen LogP contribution >= 0.6 is 0 Å². The molecule has 0 aliphatic rings. The van der Waals surface area contributed by atoms with Crippen molar-refractivity contribution in [1.82, 2.24) is 16.0 Å². The quantitative estimate of drug-likeness (QED) is 0.139. The second kappa shape index (κ2) is 13.1. The topological polar surface area (TPSA) is 199 Å². The van der Waals surface area contributed by atoms with Gasteiger partial charge in [-0.15, -0.1) is 0 Å². The Morgan fingerprint density at radius 3 is 1.78 bits per heavy atom. The summed E-state index contributed by atoms with van der Waals surface area (Å²) < 4.78 is 0. The lowest BCUT2D eigenvalue weighted by molar-refractivity contribution is -0.139. The molecule has 0 aliphatic carbocycles. The molecule has 0 aromatic heterocycles. The van der Waals surface area contributed by atoms with E-state index in [9.17, 15) is 28.8 Å². The Bertz CT molecular complexity index is 565. The highest BCUT2D eigenvalue weighted by Gasteiger charge is 2.26. The molecule has 0 rings (SSSR count). The van der Waals surface area contributed by atoms with Crippen molar-refractivity contribution in [2.45, 2.75) is 50.6 Å². The minimum absolute atomic E-state index is 0.0135. The maximum absolute atomic E-state index is 12.2. The van der Waals surface area contributed by atoms with Crippen LogP contribution in [0.4, 0.5) is 0 Å². The molecular weight excluding hydrogens is 366 g/mol. The van der Waals surface area contributed by atoms with Gasteiger partial charge < -0.3 is 31.3 Å². The molecule has 27 heavy (non-hydrogen) atoms. The van der Waals surface area contributed by atoms with Crippen molar-refractivity contribution in [3.8, 4) is 0 Å². The minimum Gasteiger partial charge on any atom is -0.481 e. The first-order valence-corrected chi connectivity index (χ1v) is 8.10. The maximum atomic E-state index is 12.2. The Labute approximate surface area is 154 Å². The molecule has 0 bridgehead atoms. The number of amides is 3. The van der Waals surface area contributed by atoms with Crippen LogP contribution in [0, 0.1) is 0 Å². The summed E-state index contributed by atoms with van der Waals surface area (Å²) in [7, 11) is 0. The van der Waals surface area contributed by atoms with Gasteiger partial charge in [-0.05, 0) is 19.3 Å². The second-order valence-corrected chi connectivity index (χ2v) is 5.55. The summed E-state index contributed by atoms with van der Waals surface area (Å²) in [6.07, 6.45) is -1.09. The number of carbonyl (C=O) groups is 6. The van der Waals surface area contributed by atoms with Gasteiger partial charge >= 0.3 is 17.9 Å². The molecule has 0 aromatic rings. The normalized spacial score (nSPS) is 12.3. The number of carboxylic acids is 3. The first-order valence-electron chi connectivity index (χ1n) is 8.10. The molecule has 12 heteroatoms. The highest BCUT2D eigenvalue weighted by atomic mass is 16.4. The Morgan fingerprint density at radius 1 is 0.778 bits per heavy atom. The molecule has 12 nitrogen and oxygen atoms in total. The van der Waals surface area contributed by atoms with Gasteiger partial charge in [-0.25, -0.2) is 0 Å². The molecule has 2 unspecified atom stereocenters. The van der Waals surface area contributed by atoms with E-state index in [4.69, 9.17) is 15.3 Å². The van der Waals surface area contributed by atoms with Crippen LogP contribution < -0.4 is 16.0 Å². The lowest BCUT2D eigenvalue weighted by Gasteiger charge is -2.21. The summed E-state index contributed by atoms with van der Waals surface area (Å²) in [6.45, 7) is 0.0135. The van der Waals surface area contributed by atoms with Crippen LogP contribution in [0.2, 0.25) is 0 Å². The van der Waals surface area contributed by atoms with Crippen LogP contribution in [-0.4, -0.2) is 70.1 Å². The highest BCUT2D eigenvalue weighted by Crippen LogP contribution is 2.03. The summed E-state index contributed by atoms with van der Waals surface area (Å²) in [4.78, 5) is 66.7. The van der Waals surface area contributed by atoms with Crippen molar-refractivity contribution in [3.63, 3.8) is 0 Å². The molecule has 0 radical (unpaired) electrons. The maximum Gasteiger partial charge on any atom is 0.303 e. The zero-order chi connectivity index (χ0) is 20.8. The molecular formula is C15H23N3O9. The molecule has 0 aliphatic heterocycles. The van der Waals surface area contributed by atoms with Gasteiger partial charge in [-0.3, -0.25) is 28.8 Å². The summed E-state index contributed by atoms with van der Waals surface area (Å²) in [5.74, 6) is -4.96. The number of carbonyl (C=O) groups excluding carboxylic acids is 3. The average Bonchev–Trinajstić information content (AvgIpc) is 2.58. The van der Waals surface area contributed by atoms with Gasteiger partial charge in [0.05, 0.1) is 0 Å². The molecule has 3 amide bonds. The zero-order valence-electron chi connectivity index (χ0n) is 14.5. The number of carboxylic acid groups (broad SMARTS) is 3. The van der Waals surface area contributed by atoms with E-state index in [-0.39, 0.29) is 38.6 Å². The predicted molar refractivity (Wildman–Crippen MR) is 88.5 cm³/mol. The largest absolute Gasteiger partial charge is 0.481 e. The summed E-state index contributed by atoms with van der Waals surface area (Å²) in [5.41, 5.74) is 0. The first-order chi connectivity index (χ1) is 12.7. The van der Waals surface area contributed by atoms with Crippen LogP contribution in [0.1, 0.15) is 38.5 Å². The van der Waals surface area contributed by atoms with Gasteiger partial charge in [-0.2, -0.15) is 0 Å². The molecule has 6 N–H and O–H groups in total. The molecule has 0 saturated carbocycles. The van der Waals surface area contributed by atoms with Crippen LogP contribution in [-0.2, 0) is 28.8 Å². The third-order valence-electron chi connectivity index (χ3n) is 3.38. The molecule has 0 fully saturated rings. The van der Waals surface area contributed by atoms with Crippen molar-refractivity contribution >= 4 is 36.1 Å². The van der Waals surface area contributed by atoms with E-state index < -0.39 is 54.6 Å². The van der Waals surface area contributed by atoms with Crippen molar-refractivity contribution in [1.29, 1.82) is 0 Å². The van der Waals surface area contributed by atoms with E-state index in [1.165, 1.54) is 0 Å². The molecule has 0 heterocycles. The summed E-state index contributed by atoms with van der Waals surface area (Å²) >= 11 is 0. The van der Waals surface area contributed by atoms with Crippen molar-refractivity contribution in [2.24, 2.45) is 0 Å². The Morgan fingerprint density at radius 2 is 1.30 bits per heavy atom. The number of nitrogens with one attached hydrogen (secondary N) is 3. The molecule has 2 atom stereocenters. The van der Waals surface area contributed by atoms with Crippen LogP contribution in [0.5, 0.6) is 0 Å². The van der Waals surface area contributed by atoms with E-state index >= 15 is 0 Å². The molecule has 0 saturated heterocycles. The smallest absolute Gasteiger partial charge is 0.303 e. The predicted octanol–water partition coefficient (Wildman–Crippen LogP) is -1.70. The van der Waals surface area contributed by atoms with E-state index in [0.29, 0.717) is 0 Å². The Balaban J connectivity index is 4.87. The van der Waals surface area contributed by atoms with E-state index in [0.717, 1.165) is 0 Å². The number of hydrogen-bond acceptors (Lipinski definition) is 6. The van der Waals surface area contributed by atoms with Crippen LogP contribution in [0.3, 0.4) is 0 Å². The molecule has 152 valence electrons. The van der Waals surface area contributed by atoms with Crippen molar-refractivity contribution < 1.29 is 44.1 Å². The average molecular weight is 389 g/mol. The Hall–Kier alpha value is -3.18. The number of hydrogen-bond donors (Lipinski definition) is 6. The molecule has 0 spiro atoms. The number of aliphatic carboxylic acids is 3.